The molecule has 6 nitrogen and oxygen atoms in total. The van der Waals surface area contributed by atoms with E-state index in [4.69, 9.17) is 5.73 Å². The zero-order chi connectivity index (χ0) is 18.4. The first-order chi connectivity index (χ1) is 11.8. The van der Waals surface area contributed by atoms with E-state index in [1.807, 2.05) is 30.3 Å². The molecule has 2 aromatic carbocycles. The van der Waals surface area contributed by atoms with Gasteiger partial charge in [0, 0.05) is 11.7 Å². The van der Waals surface area contributed by atoms with E-state index < -0.39 is 16.1 Å². The summed E-state index contributed by atoms with van der Waals surface area (Å²) in [4.78, 5) is 12.3. The molecule has 0 bridgehead atoms. The number of nitrogens with two attached hydrogens (primary N) is 1. The van der Waals surface area contributed by atoms with E-state index in [0.29, 0.717) is 12.1 Å². The molecule has 1 amide bonds. The van der Waals surface area contributed by atoms with Gasteiger partial charge in [0.2, 0.25) is 15.9 Å². The lowest BCUT2D eigenvalue weighted by molar-refractivity contribution is -0.117. The summed E-state index contributed by atoms with van der Waals surface area (Å²) in [6.07, 6.45) is 0.428. The van der Waals surface area contributed by atoms with Crippen LogP contribution in [0, 0.1) is 0 Å². The lowest BCUT2D eigenvalue weighted by Crippen LogP contribution is -2.37. The molecular formula is C18H23N3O3S. The molecule has 0 radical (unpaired) electrons. The lowest BCUT2D eigenvalue weighted by Gasteiger charge is -2.13. The summed E-state index contributed by atoms with van der Waals surface area (Å²) in [5.74, 6) is -0.320. The van der Waals surface area contributed by atoms with Gasteiger partial charge in [-0.15, -0.1) is 0 Å². The second kappa shape index (κ2) is 8.24. The molecule has 2 aromatic rings. The van der Waals surface area contributed by atoms with Gasteiger partial charge in [-0.1, -0.05) is 30.3 Å². The first kappa shape index (κ1) is 19.1. The Balaban J connectivity index is 1.99. The Kier molecular flexibility index (Phi) is 6.30. The van der Waals surface area contributed by atoms with Crippen molar-refractivity contribution in [2.24, 2.45) is 5.73 Å². The standard InChI is InChI=1S/C18H23N3O3S/c1-13(2)21-25(23,24)16-10-8-15(9-11-16)20-18(22)17(19)12-14-6-4-3-5-7-14/h3-11,13,17,21H,12,19H2,1-2H3,(H,20,22)/t17-/m0/s1. The highest BCUT2D eigenvalue weighted by molar-refractivity contribution is 7.89. The molecular weight excluding hydrogens is 338 g/mol. The minimum Gasteiger partial charge on any atom is -0.325 e. The number of rotatable bonds is 7. The van der Waals surface area contributed by atoms with Gasteiger partial charge in [-0.3, -0.25) is 4.79 Å². The molecule has 0 fully saturated rings. The predicted octanol–water partition coefficient (Wildman–Crippen LogP) is 1.88. The fourth-order valence-electron chi connectivity index (χ4n) is 2.29. The molecule has 0 aliphatic carbocycles. The van der Waals surface area contributed by atoms with Crippen molar-refractivity contribution in [1.82, 2.24) is 4.72 Å². The van der Waals surface area contributed by atoms with Gasteiger partial charge in [-0.05, 0) is 50.1 Å². The number of amides is 1. The molecule has 0 aliphatic heterocycles. The summed E-state index contributed by atoms with van der Waals surface area (Å²) >= 11 is 0. The Morgan fingerprint density at radius 1 is 1.04 bits per heavy atom. The van der Waals surface area contributed by atoms with E-state index >= 15 is 0 Å². The number of anilines is 1. The van der Waals surface area contributed by atoms with Gasteiger partial charge in [-0.2, -0.15) is 0 Å². The molecule has 2 rings (SSSR count). The number of hydrogen-bond acceptors (Lipinski definition) is 4. The molecule has 1 atom stereocenters. The third kappa shape index (κ3) is 5.67. The molecule has 0 saturated heterocycles. The fourth-order valence-corrected chi connectivity index (χ4v) is 3.54. The van der Waals surface area contributed by atoms with Gasteiger partial charge >= 0.3 is 0 Å². The van der Waals surface area contributed by atoms with Gasteiger partial charge in [0.05, 0.1) is 10.9 Å². The average molecular weight is 361 g/mol. The number of hydrogen-bond donors (Lipinski definition) is 3. The zero-order valence-electron chi connectivity index (χ0n) is 14.3. The van der Waals surface area contributed by atoms with Crippen LogP contribution in [-0.4, -0.2) is 26.4 Å². The summed E-state index contributed by atoms with van der Waals surface area (Å²) in [6, 6.07) is 14.6. The second-order valence-electron chi connectivity index (χ2n) is 6.09. The van der Waals surface area contributed by atoms with Gasteiger partial charge in [0.15, 0.2) is 0 Å². The van der Waals surface area contributed by atoms with Crippen LogP contribution in [-0.2, 0) is 21.2 Å². The van der Waals surface area contributed by atoms with Crippen LogP contribution >= 0.6 is 0 Å². The van der Waals surface area contributed by atoms with Gasteiger partial charge in [0.1, 0.15) is 0 Å². The first-order valence-electron chi connectivity index (χ1n) is 8.00. The normalized spacial score (nSPS) is 12.8. The van der Waals surface area contributed by atoms with E-state index in [-0.39, 0.29) is 16.8 Å². The van der Waals surface area contributed by atoms with Crippen LogP contribution < -0.4 is 15.8 Å². The Bertz CT molecular complexity index is 803. The third-order valence-electron chi connectivity index (χ3n) is 3.46. The van der Waals surface area contributed by atoms with Gasteiger partial charge in [0.25, 0.3) is 0 Å². The molecule has 7 heteroatoms. The summed E-state index contributed by atoms with van der Waals surface area (Å²) < 4.78 is 26.6. The fraction of sp³-hybridized carbons (Fsp3) is 0.278. The van der Waals surface area contributed by atoms with Crippen molar-refractivity contribution < 1.29 is 13.2 Å². The van der Waals surface area contributed by atoms with Crippen LogP contribution in [0.2, 0.25) is 0 Å². The van der Waals surface area contributed by atoms with Crippen molar-refractivity contribution in [3.63, 3.8) is 0 Å². The van der Waals surface area contributed by atoms with Gasteiger partial charge < -0.3 is 11.1 Å². The quantitative estimate of drug-likeness (QED) is 0.701. The monoisotopic (exact) mass is 361 g/mol. The minimum absolute atomic E-state index is 0.146. The molecule has 134 valence electrons. The smallest absolute Gasteiger partial charge is 0.241 e. The Morgan fingerprint density at radius 3 is 2.20 bits per heavy atom. The van der Waals surface area contributed by atoms with Crippen molar-refractivity contribution in [3.8, 4) is 0 Å². The maximum atomic E-state index is 12.2. The van der Waals surface area contributed by atoms with Crippen LogP contribution in [0.15, 0.2) is 59.5 Å². The Labute approximate surface area is 148 Å². The van der Waals surface area contributed by atoms with Crippen LogP contribution in [0.25, 0.3) is 0 Å². The summed E-state index contributed by atoms with van der Waals surface area (Å²) in [7, 11) is -3.55. The highest BCUT2D eigenvalue weighted by Gasteiger charge is 2.17. The second-order valence-corrected chi connectivity index (χ2v) is 7.80. The zero-order valence-corrected chi connectivity index (χ0v) is 15.1. The number of carbonyl (C=O) groups excluding carboxylic acids is 1. The van der Waals surface area contributed by atoms with E-state index in [1.165, 1.54) is 12.1 Å². The molecule has 0 aromatic heterocycles. The van der Waals surface area contributed by atoms with E-state index in [9.17, 15) is 13.2 Å². The SMILES string of the molecule is CC(C)NS(=O)(=O)c1ccc(NC(=O)[C@@H](N)Cc2ccccc2)cc1. The number of benzene rings is 2. The van der Waals surface area contributed by atoms with Gasteiger partial charge in [-0.25, -0.2) is 13.1 Å². The van der Waals surface area contributed by atoms with E-state index in [1.54, 1.807) is 26.0 Å². The number of carbonyl (C=O) groups is 1. The Morgan fingerprint density at radius 2 is 1.64 bits per heavy atom. The van der Waals surface area contributed by atoms with Crippen molar-refractivity contribution in [2.45, 2.75) is 37.2 Å². The van der Waals surface area contributed by atoms with Crippen molar-refractivity contribution in [3.05, 3.63) is 60.2 Å². The average Bonchev–Trinajstić information content (AvgIpc) is 2.55. The predicted molar refractivity (Wildman–Crippen MR) is 98.7 cm³/mol. The van der Waals surface area contributed by atoms with Crippen LogP contribution in [0.5, 0.6) is 0 Å². The van der Waals surface area contributed by atoms with Crippen molar-refractivity contribution in [2.75, 3.05) is 5.32 Å². The summed E-state index contributed by atoms with van der Waals surface area (Å²) in [6.45, 7) is 3.50. The van der Waals surface area contributed by atoms with Crippen molar-refractivity contribution in [1.29, 1.82) is 0 Å². The third-order valence-corrected chi connectivity index (χ3v) is 5.13. The largest absolute Gasteiger partial charge is 0.325 e. The maximum absolute atomic E-state index is 12.2. The Hall–Kier alpha value is -2.22. The van der Waals surface area contributed by atoms with Crippen molar-refractivity contribution >= 4 is 21.6 Å². The van der Waals surface area contributed by atoms with Crippen LogP contribution in [0.4, 0.5) is 5.69 Å². The molecule has 25 heavy (non-hydrogen) atoms. The summed E-state index contributed by atoms with van der Waals surface area (Å²) in [5.41, 5.74) is 7.41. The number of sulfonamides is 1. The topological polar surface area (TPSA) is 101 Å². The number of nitrogens with one attached hydrogen (secondary N) is 2. The maximum Gasteiger partial charge on any atom is 0.241 e. The highest BCUT2D eigenvalue weighted by Crippen LogP contribution is 2.15. The molecule has 0 heterocycles. The summed E-state index contributed by atoms with van der Waals surface area (Å²) in [5, 5.41) is 2.70. The van der Waals surface area contributed by atoms with Crippen LogP contribution in [0.3, 0.4) is 0 Å². The van der Waals surface area contributed by atoms with E-state index in [2.05, 4.69) is 10.0 Å². The molecule has 4 N–H and O–H groups in total. The molecule has 0 spiro atoms. The molecule has 0 saturated carbocycles. The highest BCUT2D eigenvalue weighted by atomic mass is 32.2. The molecule has 0 aliphatic rings. The first-order valence-corrected chi connectivity index (χ1v) is 9.49. The van der Waals surface area contributed by atoms with Crippen LogP contribution in [0.1, 0.15) is 19.4 Å². The van der Waals surface area contributed by atoms with E-state index in [0.717, 1.165) is 5.56 Å². The lowest BCUT2D eigenvalue weighted by atomic mass is 10.1. The molecule has 0 unspecified atom stereocenters. The minimum atomic E-state index is -3.55.